The second-order valence-corrected chi connectivity index (χ2v) is 9.28. The average molecular weight is 524 g/mol. The number of carbonyl (C=O) groups excluding carboxylic acids is 1. The molecule has 2 aromatic carbocycles. The molecule has 1 unspecified atom stereocenters. The Balaban J connectivity index is 1.82. The van der Waals surface area contributed by atoms with Crippen LogP contribution in [0.1, 0.15) is 41.4 Å². The molecule has 1 saturated heterocycles. The Morgan fingerprint density at radius 2 is 2.06 bits per heavy atom. The third-order valence-corrected chi connectivity index (χ3v) is 6.55. The van der Waals surface area contributed by atoms with Crippen molar-refractivity contribution in [2.45, 2.75) is 25.5 Å². The number of aromatic nitrogens is 2. The molecule has 0 saturated carbocycles. The Morgan fingerprint density at radius 3 is 2.77 bits per heavy atom. The first kappa shape index (κ1) is 22.3. The van der Waals surface area contributed by atoms with E-state index in [9.17, 15) is 4.79 Å². The summed E-state index contributed by atoms with van der Waals surface area (Å²) in [6.45, 7) is 0.701. The molecule has 31 heavy (non-hydrogen) atoms. The number of benzene rings is 2. The van der Waals surface area contributed by atoms with Gasteiger partial charge in [-0.3, -0.25) is 4.79 Å². The van der Waals surface area contributed by atoms with Crippen LogP contribution in [0, 0.1) is 0 Å². The number of fused-ring (bicyclic) bond motifs is 1. The van der Waals surface area contributed by atoms with Crippen LogP contribution in [-0.4, -0.2) is 47.5 Å². The smallest absolute Gasteiger partial charge is 0.195 e. The van der Waals surface area contributed by atoms with Crippen LogP contribution in [-0.2, 0) is 4.74 Å². The van der Waals surface area contributed by atoms with E-state index in [1.807, 2.05) is 20.3 Å². The first-order valence-electron chi connectivity index (χ1n) is 9.88. The summed E-state index contributed by atoms with van der Waals surface area (Å²) in [6.07, 6.45) is 6.33. The van der Waals surface area contributed by atoms with Gasteiger partial charge in [0.15, 0.2) is 5.78 Å². The Labute approximate surface area is 198 Å². The monoisotopic (exact) mass is 522 g/mol. The summed E-state index contributed by atoms with van der Waals surface area (Å²) < 4.78 is 8.24. The minimum Gasteiger partial charge on any atom is -0.369 e. The molecule has 0 amide bonds. The molecule has 1 atom stereocenters. The molecule has 1 aliphatic rings. The number of hydrogen-bond acceptors (Lipinski definition) is 4. The summed E-state index contributed by atoms with van der Waals surface area (Å²) in [5.41, 5.74) is 1.99. The number of hydrogen-bond donors (Lipinski definition) is 0. The number of nitrogens with zero attached hydrogens (tertiary/aromatic N) is 4. The van der Waals surface area contributed by atoms with Crippen molar-refractivity contribution in [2.24, 2.45) is 4.99 Å². The first-order valence-corrected chi connectivity index (χ1v) is 11.4. The summed E-state index contributed by atoms with van der Waals surface area (Å²) in [4.78, 5) is 19.9. The predicted molar refractivity (Wildman–Crippen MR) is 128 cm³/mol. The zero-order chi connectivity index (χ0) is 22.1. The van der Waals surface area contributed by atoms with Gasteiger partial charge in [0.2, 0.25) is 0 Å². The molecule has 0 bridgehead atoms. The highest BCUT2D eigenvalue weighted by atomic mass is 79.9. The Bertz CT molecular complexity index is 1170. The maximum Gasteiger partial charge on any atom is 0.195 e. The van der Waals surface area contributed by atoms with Gasteiger partial charge in [-0.15, -0.1) is 0 Å². The number of carbonyl (C=O) groups is 1. The average Bonchev–Trinajstić information content (AvgIpc) is 3.21. The third kappa shape index (κ3) is 4.65. The van der Waals surface area contributed by atoms with Gasteiger partial charge in [-0.05, 0) is 59.5 Å². The van der Waals surface area contributed by atoms with Gasteiger partial charge in [-0.1, -0.05) is 23.2 Å². The highest BCUT2D eigenvalue weighted by Gasteiger charge is 2.23. The molecular weight excluding hydrogens is 503 g/mol. The van der Waals surface area contributed by atoms with Crippen molar-refractivity contribution in [3.63, 3.8) is 0 Å². The fourth-order valence-electron chi connectivity index (χ4n) is 3.52. The minimum absolute atomic E-state index is 0.148. The number of ketones is 1. The molecule has 0 radical (unpaired) electrons. The summed E-state index contributed by atoms with van der Waals surface area (Å²) in [7, 11) is 3.71. The topological polar surface area (TPSA) is 59.7 Å². The van der Waals surface area contributed by atoms with Gasteiger partial charge >= 0.3 is 0 Å². The van der Waals surface area contributed by atoms with E-state index >= 15 is 0 Å². The minimum atomic E-state index is -0.186. The van der Waals surface area contributed by atoms with Crippen molar-refractivity contribution < 1.29 is 9.53 Å². The van der Waals surface area contributed by atoms with Crippen LogP contribution in [0.4, 0.5) is 5.69 Å². The van der Waals surface area contributed by atoms with Crippen LogP contribution in [0.2, 0.25) is 10.0 Å². The van der Waals surface area contributed by atoms with E-state index in [1.165, 1.54) is 0 Å². The molecule has 9 heteroatoms. The molecule has 162 valence electrons. The zero-order valence-corrected chi connectivity index (χ0v) is 20.2. The largest absolute Gasteiger partial charge is 0.369 e. The lowest BCUT2D eigenvalue weighted by atomic mass is 9.99. The predicted octanol–water partition coefficient (Wildman–Crippen LogP) is 6.26. The number of halogens is 3. The van der Waals surface area contributed by atoms with Crippen LogP contribution in [0.3, 0.4) is 0 Å². The lowest BCUT2D eigenvalue weighted by Gasteiger charge is -2.22. The van der Waals surface area contributed by atoms with Gasteiger partial charge in [-0.2, -0.15) is 5.10 Å². The van der Waals surface area contributed by atoms with E-state index in [0.29, 0.717) is 48.8 Å². The maximum absolute atomic E-state index is 13.6. The van der Waals surface area contributed by atoms with E-state index in [1.54, 1.807) is 40.2 Å². The van der Waals surface area contributed by atoms with Gasteiger partial charge in [0.25, 0.3) is 0 Å². The van der Waals surface area contributed by atoms with E-state index in [2.05, 4.69) is 26.0 Å². The molecule has 0 N–H and O–H groups in total. The molecule has 3 aromatic rings. The standard InChI is InChI=1S/C22H21BrCl2N4O2/c1-28(2)12-26-19-10-18(25)16(23)9-14(19)22(30)13-6-7-17(24)21-15(13)11-29(27-21)20-5-3-4-8-31-20/h6-7,9-12,20H,3-5,8H2,1-2H3. The van der Waals surface area contributed by atoms with E-state index in [0.717, 1.165) is 19.3 Å². The Morgan fingerprint density at radius 1 is 1.26 bits per heavy atom. The summed E-state index contributed by atoms with van der Waals surface area (Å²) in [5, 5.41) is 6.28. The van der Waals surface area contributed by atoms with Crippen LogP contribution >= 0.6 is 39.1 Å². The highest BCUT2D eigenvalue weighted by Crippen LogP contribution is 2.35. The van der Waals surface area contributed by atoms with Gasteiger partial charge < -0.3 is 9.64 Å². The maximum atomic E-state index is 13.6. The molecule has 0 spiro atoms. The fourth-order valence-corrected chi connectivity index (χ4v) is 4.22. The summed E-state index contributed by atoms with van der Waals surface area (Å²) in [6, 6.07) is 6.79. The van der Waals surface area contributed by atoms with Crippen molar-refractivity contribution >= 4 is 67.8 Å². The molecule has 1 aromatic heterocycles. The van der Waals surface area contributed by atoms with Gasteiger partial charge in [-0.25, -0.2) is 9.67 Å². The Kier molecular flexibility index (Phi) is 6.67. The van der Waals surface area contributed by atoms with Crippen LogP contribution in [0.5, 0.6) is 0 Å². The SMILES string of the molecule is CN(C)C=Nc1cc(Cl)c(Br)cc1C(=O)c1ccc(Cl)c2nn(C3CCCCO3)cc12. The fraction of sp³-hybridized carbons (Fsp3) is 0.318. The quantitative estimate of drug-likeness (QED) is 0.225. The third-order valence-electron chi connectivity index (χ3n) is 5.05. The second kappa shape index (κ2) is 9.28. The van der Waals surface area contributed by atoms with E-state index in [4.69, 9.17) is 27.9 Å². The lowest BCUT2D eigenvalue weighted by molar-refractivity contribution is -0.0390. The van der Waals surface area contributed by atoms with E-state index in [-0.39, 0.29) is 12.0 Å². The number of rotatable bonds is 5. The number of aliphatic imine (C=N–C) groups is 1. The van der Waals surface area contributed by atoms with Crippen LogP contribution in [0.15, 0.2) is 39.9 Å². The molecular formula is C22H21BrCl2N4O2. The molecule has 6 nitrogen and oxygen atoms in total. The first-order chi connectivity index (χ1) is 14.8. The van der Waals surface area contributed by atoms with Crippen molar-refractivity contribution in [1.29, 1.82) is 0 Å². The highest BCUT2D eigenvalue weighted by molar-refractivity contribution is 9.10. The summed E-state index contributed by atoms with van der Waals surface area (Å²) in [5.74, 6) is -0.186. The van der Waals surface area contributed by atoms with Gasteiger partial charge in [0.05, 0.1) is 22.1 Å². The molecule has 1 fully saturated rings. The number of ether oxygens (including phenoxy) is 1. The molecule has 0 aliphatic carbocycles. The van der Waals surface area contributed by atoms with Gasteiger partial charge in [0, 0.05) is 47.9 Å². The van der Waals surface area contributed by atoms with Crippen molar-refractivity contribution in [3.8, 4) is 0 Å². The van der Waals surface area contributed by atoms with E-state index < -0.39 is 0 Å². The molecule has 2 heterocycles. The lowest BCUT2D eigenvalue weighted by Crippen LogP contribution is -2.18. The zero-order valence-electron chi connectivity index (χ0n) is 17.1. The Hall–Kier alpha value is -1.93. The second-order valence-electron chi connectivity index (χ2n) is 7.61. The molecule has 1 aliphatic heterocycles. The summed E-state index contributed by atoms with van der Waals surface area (Å²) >= 11 is 16.1. The van der Waals surface area contributed by atoms with Gasteiger partial charge in [0.1, 0.15) is 11.7 Å². The molecule has 4 rings (SSSR count). The van der Waals surface area contributed by atoms with Crippen molar-refractivity contribution in [2.75, 3.05) is 20.7 Å². The van der Waals surface area contributed by atoms with Crippen LogP contribution in [0.25, 0.3) is 10.9 Å². The van der Waals surface area contributed by atoms with Crippen molar-refractivity contribution in [1.82, 2.24) is 14.7 Å². The van der Waals surface area contributed by atoms with Crippen molar-refractivity contribution in [3.05, 3.63) is 56.1 Å². The normalized spacial score (nSPS) is 16.9. The van der Waals surface area contributed by atoms with Crippen LogP contribution < -0.4 is 0 Å².